The third-order valence-electron chi connectivity index (χ3n) is 3.33. The number of halogens is 1. The van der Waals surface area contributed by atoms with Gasteiger partial charge < -0.3 is 9.64 Å². The van der Waals surface area contributed by atoms with Gasteiger partial charge in [0.15, 0.2) is 0 Å². The number of amides is 1. The predicted octanol–water partition coefficient (Wildman–Crippen LogP) is 1.94. The number of alkyl halides is 1. The zero-order chi connectivity index (χ0) is 10.7. The van der Waals surface area contributed by atoms with Crippen LogP contribution in [0.15, 0.2) is 0 Å². The van der Waals surface area contributed by atoms with Crippen molar-refractivity contribution in [3.63, 3.8) is 0 Å². The lowest BCUT2D eigenvalue weighted by Gasteiger charge is -2.38. The van der Waals surface area contributed by atoms with E-state index >= 15 is 0 Å². The molecule has 0 aromatic heterocycles. The van der Waals surface area contributed by atoms with Crippen LogP contribution in [-0.2, 0) is 9.53 Å². The Hall–Kier alpha value is -0.0900. The first kappa shape index (κ1) is 11.4. The average Bonchev–Trinajstić information content (AvgIpc) is 2.66. The van der Waals surface area contributed by atoms with Crippen LogP contribution in [0.3, 0.4) is 0 Å². The molecule has 1 saturated heterocycles. The number of carbonyl (C=O) groups is 1. The van der Waals surface area contributed by atoms with Gasteiger partial charge in [-0.1, -0.05) is 15.9 Å². The van der Waals surface area contributed by atoms with Crippen LogP contribution in [0.2, 0.25) is 0 Å². The van der Waals surface area contributed by atoms with E-state index in [4.69, 9.17) is 4.74 Å². The van der Waals surface area contributed by atoms with Crippen molar-refractivity contribution in [2.75, 3.05) is 18.5 Å². The minimum atomic E-state index is -0.148. The molecule has 1 aliphatic heterocycles. The molecule has 0 bridgehead atoms. The van der Waals surface area contributed by atoms with E-state index < -0.39 is 0 Å². The highest BCUT2D eigenvalue weighted by molar-refractivity contribution is 9.09. The summed E-state index contributed by atoms with van der Waals surface area (Å²) in [6, 6.07) is 0.485. The van der Waals surface area contributed by atoms with Gasteiger partial charge in [-0.2, -0.15) is 0 Å². The number of hydrogen-bond donors (Lipinski definition) is 0. The Morgan fingerprint density at radius 2 is 2.13 bits per heavy atom. The van der Waals surface area contributed by atoms with Gasteiger partial charge in [0.1, 0.15) is 6.10 Å². The van der Waals surface area contributed by atoms with Crippen molar-refractivity contribution in [1.29, 1.82) is 0 Å². The van der Waals surface area contributed by atoms with Crippen LogP contribution >= 0.6 is 15.9 Å². The van der Waals surface area contributed by atoms with E-state index in [-0.39, 0.29) is 12.0 Å². The number of hydrogen-bond acceptors (Lipinski definition) is 2. The summed E-state index contributed by atoms with van der Waals surface area (Å²) < 4.78 is 5.45. The Bertz CT molecular complexity index is 225. The predicted molar refractivity (Wildman–Crippen MR) is 62.1 cm³/mol. The molecule has 0 aromatic rings. The van der Waals surface area contributed by atoms with E-state index in [0.29, 0.717) is 6.04 Å². The van der Waals surface area contributed by atoms with Crippen molar-refractivity contribution < 1.29 is 9.53 Å². The Balaban J connectivity index is 1.92. The van der Waals surface area contributed by atoms with Crippen LogP contribution in [0.4, 0.5) is 0 Å². The second-order valence-electron chi connectivity index (χ2n) is 4.31. The minimum Gasteiger partial charge on any atom is -0.368 e. The molecule has 86 valence electrons. The van der Waals surface area contributed by atoms with Crippen LogP contribution in [-0.4, -0.2) is 41.4 Å². The number of carbonyl (C=O) groups excluding carboxylic acids is 1. The molecule has 0 radical (unpaired) electrons. The maximum atomic E-state index is 12.1. The molecule has 0 N–H and O–H groups in total. The topological polar surface area (TPSA) is 29.5 Å². The standard InChI is InChI=1S/C11H18BrNO2/c12-6-7-13(9-3-1-4-9)11(14)10-5-2-8-15-10/h9-10H,1-8H2. The smallest absolute Gasteiger partial charge is 0.251 e. The average molecular weight is 276 g/mol. The number of rotatable bonds is 4. The van der Waals surface area contributed by atoms with Gasteiger partial charge in [-0.15, -0.1) is 0 Å². The van der Waals surface area contributed by atoms with Crippen LogP contribution in [0.1, 0.15) is 32.1 Å². The summed E-state index contributed by atoms with van der Waals surface area (Å²) in [5.74, 6) is 0.219. The van der Waals surface area contributed by atoms with Crippen LogP contribution < -0.4 is 0 Å². The monoisotopic (exact) mass is 275 g/mol. The molecule has 15 heavy (non-hydrogen) atoms. The lowest BCUT2D eigenvalue weighted by molar-refractivity contribution is -0.144. The molecular weight excluding hydrogens is 258 g/mol. The van der Waals surface area contributed by atoms with Gasteiger partial charge >= 0.3 is 0 Å². The Morgan fingerprint density at radius 1 is 1.33 bits per heavy atom. The van der Waals surface area contributed by atoms with Crippen molar-refractivity contribution in [3.05, 3.63) is 0 Å². The summed E-state index contributed by atoms with van der Waals surface area (Å²) in [7, 11) is 0. The van der Waals surface area contributed by atoms with Crippen molar-refractivity contribution in [1.82, 2.24) is 4.90 Å². The Labute approximate surface area is 99.3 Å². The molecule has 3 nitrogen and oxygen atoms in total. The van der Waals surface area contributed by atoms with E-state index in [9.17, 15) is 4.79 Å². The molecule has 4 heteroatoms. The normalized spacial score (nSPS) is 26.3. The van der Waals surface area contributed by atoms with E-state index in [1.54, 1.807) is 0 Å². The lowest BCUT2D eigenvalue weighted by atomic mass is 9.91. The highest BCUT2D eigenvalue weighted by Gasteiger charge is 2.34. The largest absolute Gasteiger partial charge is 0.368 e. The third-order valence-corrected chi connectivity index (χ3v) is 3.68. The van der Waals surface area contributed by atoms with E-state index in [0.717, 1.165) is 31.3 Å². The van der Waals surface area contributed by atoms with Gasteiger partial charge in [0.25, 0.3) is 5.91 Å². The zero-order valence-corrected chi connectivity index (χ0v) is 10.5. The molecular formula is C11H18BrNO2. The van der Waals surface area contributed by atoms with E-state index in [1.165, 1.54) is 19.3 Å². The third kappa shape index (κ3) is 2.53. The van der Waals surface area contributed by atoms with Crippen LogP contribution in [0, 0.1) is 0 Å². The molecule has 2 aliphatic rings. The fraction of sp³-hybridized carbons (Fsp3) is 0.909. The zero-order valence-electron chi connectivity index (χ0n) is 8.95. The summed E-state index contributed by atoms with van der Waals surface area (Å²) in [5, 5.41) is 0.863. The molecule has 1 amide bonds. The molecule has 1 unspecified atom stereocenters. The van der Waals surface area contributed by atoms with Gasteiger partial charge in [-0.25, -0.2) is 0 Å². The molecule has 2 rings (SSSR count). The fourth-order valence-electron chi connectivity index (χ4n) is 2.22. The minimum absolute atomic E-state index is 0.148. The van der Waals surface area contributed by atoms with Crippen LogP contribution in [0.25, 0.3) is 0 Å². The van der Waals surface area contributed by atoms with E-state index in [2.05, 4.69) is 15.9 Å². The summed E-state index contributed by atoms with van der Waals surface area (Å²) in [4.78, 5) is 14.2. The first-order valence-corrected chi connectivity index (χ1v) is 6.93. The summed E-state index contributed by atoms with van der Waals surface area (Å²) in [5.41, 5.74) is 0. The van der Waals surface area contributed by atoms with Gasteiger partial charge in [0.2, 0.25) is 0 Å². The second kappa shape index (κ2) is 5.30. The number of ether oxygens (including phenoxy) is 1. The SMILES string of the molecule is O=C(C1CCCO1)N(CCBr)C1CCC1. The quantitative estimate of drug-likeness (QED) is 0.734. The molecule has 1 saturated carbocycles. The van der Waals surface area contributed by atoms with Crippen molar-refractivity contribution in [3.8, 4) is 0 Å². The van der Waals surface area contributed by atoms with Gasteiger partial charge in [-0.3, -0.25) is 4.79 Å². The summed E-state index contributed by atoms with van der Waals surface area (Å²) in [6.45, 7) is 1.58. The highest BCUT2D eigenvalue weighted by atomic mass is 79.9. The van der Waals surface area contributed by atoms with E-state index in [1.807, 2.05) is 4.90 Å². The summed E-state index contributed by atoms with van der Waals surface area (Å²) in [6.07, 6.45) is 5.40. The molecule has 1 aliphatic carbocycles. The summed E-state index contributed by atoms with van der Waals surface area (Å²) >= 11 is 3.41. The fourth-order valence-corrected chi connectivity index (χ4v) is 2.60. The van der Waals surface area contributed by atoms with Gasteiger partial charge in [-0.05, 0) is 32.1 Å². The Morgan fingerprint density at radius 3 is 2.60 bits per heavy atom. The van der Waals surface area contributed by atoms with Crippen LogP contribution in [0.5, 0.6) is 0 Å². The lowest BCUT2D eigenvalue weighted by Crippen LogP contribution is -2.49. The molecule has 0 spiro atoms. The molecule has 2 fully saturated rings. The first-order chi connectivity index (χ1) is 7.33. The maximum absolute atomic E-state index is 12.1. The van der Waals surface area contributed by atoms with Crippen molar-refractivity contribution in [2.24, 2.45) is 0 Å². The first-order valence-electron chi connectivity index (χ1n) is 5.81. The van der Waals surface area contributed by atoms with Crippen molar-refractivity contribution in [2.45, 2.75) is 44.2 Å². The maximum Gasteiger partial charge on any atom is 0.251 e. The second-order valence-corrected chi connectivity index (χ2v) is 5.10. The van der Waals surface area contributed by atoms with Gasteiger partial charge in [0, 0.05) is 24.5 Å². The number of nitrogens with zero attached hydrogens (tertiary/aromatic N) is 1. The highest BCUT2D eigenvalue weighted by Crippen LogP contribution is 2.27. The molecule has 1 heterocycles. The van der Waals surface area contributed by atoms with Gasteiger partial charge in [0.05, 0.1) is 0 Å². The molecule has 0 aromatic carbocycles. The molecule has 1 atom stereocenters. The Kier molecular flexibility index (Phi) is 4.03. The van der Waals surface area contributed by atoms with Crippen molar-refractivity contribution >= 4 is 21.8 Å².